The van der Waals surface area contributed by atoms with Crippen molar-refractivity contribution in [3.05, 3.63) is 28.8 Å². The van der Waals surface area contributed by atoms with Gasteiger partial charge in [-0.3, -0.25) is 9.79 Å². The van der Waals surface area contributed by atoms with Gasteiger partial charge in [0.2, 0.25) is 0 Å². The molecule has 0 saturated carbocycles. The van der Waals surface area contributed by atoms with Gasteiger partial charge in [-0.2, -0.15) is 0 Å². The van der Waals surface area contributed by atoms with Crippen LogP contribution in [0.15, 0.2) is 17.1 Å². The van der Waals surface area contributed by atoms with Gasteiger partial charge in [0.25, 0.3) is 0 Å². The number of hydrogen-bond acceptors (Lipinski definition) is 4. The van der Waals surface area contributed by atoms with Crippen molar-refractivity contribution >= 4 is 12.5 Å². The minimum atomic E-state index is -0.600. The highest BCUT2D eigenvalue weighted by Crippen LogP contribution is 2.22. The van der Waals surface area contributed by atoms with Crippen molar-refractivity contribution in [3.63, 3.8) is 0 Å². The number of benzene rings is 1. The Kier molecular flexibility index (Phi) is 4.02. The topological polar surface area (TPSA) is 69.9 Å². The van der Waals surface area contributed by atoms with E-state index < -0.39 is 5.54 Å². The molecule has 1 rings (SSSR count). The zero-order valence-corrected chi connectivity index (χ0v) is 10.3. The molecule has 0 unspecified atom stereocenters. The number of hydrogen-bond donors (Lipinski definition) is 2. The van der Waals surface area contributed by atoms with E-state index in [4.69, 9.17) is 5.11 Å². The first kappa shape index (κ1) is 13.4. The molecule has 0 aliphatic heterocycles. The predicted molar refractivity (Wildman–Crippen MR) is 67.0 cm³/mol. The summed E-state index contributed by atoms with van der Waals surface area (Å²) in [6.07, 6.45) is 2.09. The van der Waals surface area contributed by atoms with Crippen LogP contribution in [0, 0.1) is 6.92 Å². The number of aromatic hydroxyl groups is 1. The number of aliphatic hydroxyl groups is 1. The van der Waals surface area contributed by atoms with E-state index in [0.29, 0.717) is 11.8 Å². The van der Waals surface area contributed by atoms with Crippen LogP contribution in [-0.2, 0) is 0 Å². The normalized spacial score (nSPS) is 12.0. The summed E-state index contributed by atoms with van der Waals surface area (Å²) in [6.45, 7) is 5.30. The molecule has 0 atom stereocenters. The fraction of sp³-hybridized carbons (Fsp3) is 0.385. The molecule has 0 heterocycles. The fourth-order valence-electron chi connectivity index (χ4n) is 1.31. The van der Waals surface area contributed by atoms with Gasteiger partial charge >= 0.3 is 0 Å². The number of carbonyl (C=O) groups is 1. The van der Waals surface area contributed by atoms with Crippen LogP contribution in [0.2, 0.25) is 0 Å². The summed E-state index contributed by atoms with van der Waals surface area (Å²) in [6, 6.07) is 3.34. The molecule has 4 heteroatoms. The molecular weight excluding hydrogens is 218 g/mol. The molecule has 0 aliphatic rings. The molecule has 4 nitrogen and oxygen atoms in total. The number of rotatable bonds is 4. The van der Waals surface area contributed by atoms with Crippen LogP contribution < -0.4 is 0 Å². The third kappa shape index (κ3) is 3.39. The molecule has 1 aromatic rings. The average Bonchev–Trinajstić information content (AvgIpc) is 2.30. The molecule has 0 radical (unpaired) electrons. The number of nitrogens with zero attached hydrogens (tertiary/aromatic N) is 1. The number of aliphatic hydroxyl groups excluding tert-OH is 1. The van der Waals surface area contributed by atoms with Gasteiger partial charge in [0.05, 0.1) is 17.7 Å². The summed E-state index contributed by atoms with van der Waals surface area (Å²) in [5, 5.41) is 18.9. The highest BCUT2D eigenvalue weighted by molar-refractivity contribution is 5.90. The summed E-state index contributed by atoms with van der Waals surface area (Å²) < 4.78 is 0. The molecule has 0 saturated heterocycles. The van der Waals surface area contributed by atoms with Gasteiger partial charge in [-0.25, -0.2) is 0 Å². The van der Waals surface area contributed by atoms with Gasteiger partial charge in [-0.05, 0) is 38.5 Å². The summed E-state index contributed by atoms with van der Waals surface area (Å²) >= 11 is 0. The minimum Gasteiger partial charge on any atom is -0.507 e. The zero-order valence-electron chi connectivity index (χ0n) is 10.3. The van der Waals surface area contributed by atoms with Gasteiger partial charge in [0.1, 0.15) is 5.75 Å². The highest BCUT2D eigenvalue weighted by atomic mass is 16.3. The molecule has 92 valence electrons. The van der Waals surface area contributed by atoms with E-state index in [1.54, 1.807) is 26.0 Å². The Bertz CT molecular complexity index is 450. The van der Waals surface area contributed by atoms with Crippen molar-refractivity contribution in [2.45, 2.75) is 26.3 Å². The van der Waals surface area contributed by atoms with Gasteiger partial charge in [0.15, 0.2) is 6.29 Å². The first-order valence-electron chi connectivity index (χ1n) is 5.34. The second-order valence-electron chi connectivity index (χ2n) is 4.64. The Morgan fingerprint density at radius 3 is 2.47 bits per heavy atom. The number of carbonyl (C=O) groups excluding carboxylic acids is 1. The van der Waals surface area contributed by atoms with Crippen molar-refractivity contribution in [2.75, 3.05) is 6.61 Å². The molecule has 0 aliphatic carbocycles. The lowest BCUT2D eigenvalue weighted by Crippen LogP contribution is -2.22. The SMILES string of the molecule is Cc1cc(C=O)c(O)c(C=NC(C)(C)CO)c1. The number of aldehydes is 1. The van der Waals surface area contributed by atoms with Gasteiger partial charge in [-0.15, -0.1) is 0 Å². The highest BCUT2D eigenvalue weighted by Gasteiger charge is 2.13. The van der Waals surface area contributed by atoms with E-state index in [0.717, 1.165) is 5.56 Å². The fourth-order valence-corrected chi connectivity index (χ4v) is 1.31. The molecule has 2 N–H and O–H groups in total. The van der Waals surface area contributed by atoms with Crippen molar-refractivity contribution in [2.24, 2.45) is 4.99 Å². The van der Waals surface area contributed by atoms with Crippen molar-refractivity contribution in [3.8, 4) is 5.75 Å². The Morgan fingerprint density at radius 2 is 1.94 bits per heavy atom. The molecule has 0 aromatic heterocycles. The van der Waals surface area contributed by atoms with E-state index in [-0.39, 0.29) is 17.9 Å². The van der Waals surface area contributed by atoms with E-state index in [1.807, 2.05) is 6.92 Å². The standard InChI is InChI=1S/C13H17NO3/c1-9-4-10(6-14-13(2,3)8-16)12(17)11(5-9)7-15/h4-7,16-17H,8H2,1-3H3. The Balaban J connectivity index is 3.15. The lowest BCUT2D eigenvalue weighted by molar-refractivity contribution is 0.112. The summed E-state index contributed by atoms with van der Waals surface area (Å²) in [4.78, 5) is 14.9. The maximum atomic E-state index is 10.7. The number of aliphatic imine (C=N–C) groups is 1. The Labute approximate surface area is 101 Å². The van der Waals surface area contributed by atoms with Crippen LogP contribution in [0.1, 0.15) is 35.3 Å². The second kappa shape index (κ2) is 5.10. The zero-order chi connectivity index (χ0) is 13.1. The van der Waals surface area contributed by atoms with Gasteiger partial charge in [-0.1, -0.05) is 0 Å². The first-order valence-corrected chi connectivity index (χ1v) is 5.34. The van der Waals surface area contributed by atoms with E-state index in [2.05, 4.69) is 4.99 Å². The van der Waals surface area contributed by atoms with Crippen molar-refractivity contribution in [1.29, 1.82) is 0 Å². The third-order valence-corrected chi connectivity index (χ3v) is 2.38. The maximum absolute atomic E-state index is 10.7. The lowest BCUT2D eigenvalue weighted by Gasteiger charge is -2.15. The van der Waals surface area contributed by atoms with Crippen LogP contribution in [-0.4, -0.2) is 34.9 Å². The Morgan fingerprint density at radius 1 is 1.35 bits per heavy atom. The average molecular weight is 235 g/mol. The van der Waals surface area contributed by atoms with E-state index in [1.165, 1.54) is 6.21 Å². The van der Waals surface area contributed by atoms with Crippen LogP contribution in [0.5, 0.6) is 5.75 Å². The minimum absolute atomic E-state index is 0.0805. The predicted octanol–water partition coefficient (Wildman–Crippen LogP) is 1.70. The van der Waals surface area contributed by atoms with Crippen molar-refractivity contribution in [1.82, 2.24) is 0 Å². The molecule has 0 fully saturated rings. The largest absolute Gasteiger partial charge is 0.507 e. The quantitative estimate of drug-likeness (QED) is 0.616. The summed E-state index contributed by atoms with van der Waals surface area (Å²) in [5.41, 5.74) is 0.993. The third-order valence-electron chi connectivity index (χ3n) is 2.38. The second-order valence-corrected chi connectivity index (χ2v) is 4.64. The van der Waals surface area contributed by atoms with Gasteiger partial charge < -0.3 is 10.2 Å². The number of aryl methyl sites for hydroxylation is 1. The smallest absolute Gasteiger partial charge is 0.153 e. The molecular formula is C13H17NO3. The van der Waals surface area contributed by atoms with Crippen LogP contribution in [0.3, 0.4) is 0 Å². The Hall–Kier alpha value is -1.68. The molecule has 1 aromatic carbocycles. The monoisotopic (exact) mass is 235 g/mol. The summed E-state index contributed by atoms with van der Waals surface area (Å²) in [5.74, 6) is -0.0805. The molecule has 0 amide bonds. The maximum Gasteiger partial charge on any atom is 0.153 e. The van der Waals surface area contributed by atoms with Crippen LogP contribution in [0.25, 0.3) is 0 Å². The summed E-state index contributed by atoms with van der Waals surface area (Å²) in [7, 11) is 0. The molecule has 0 bridgehead atoms. The number of phenolic OH excluding ortho intramolecular Hbond substituents is 1. The first-order chi connectivity index (χ1) is 7.89. The van der Waals surface area contributed by atoms with Crippen LogP contribution in [0.4, 0.5) is 0 Å². The number of phenols is 1. The molecule has 17 heavy (non-hydrogen) atoms. The van der Waals surface area contributed by atoms with E-state index >= 15 is 0 Å². The van der Waals surface area contributed by atoms with E-state index in [9.17, 15) is 9.90 Å². The van der Waals surface area contributed by atoms with Crippen LogP contribution >= 0.6 is 0 Å². The lowest BCUT2D eigenvalue weighted by atomic mass is 10.0. The molecule has 0 spiro atoms. The van der Waals surface area contributed by atoms with Gasteiger partial charge in [0, 0.05) is 11.8 Å². The van der Waals surface area contributed by atoms with Crippen molar-refractivity contribution < 1.29 is 15.0 Å².